The molecular weight excluding hydrogens is 410 g/mol. The maximum atomic E-state index is 12.3. The lowest BCUT2D eigenvalue weighted by Gasteiger charge is -2.25. The summed E-state index contributed by atoms with van der Waals surface area (Å²) in [5, 5.41) is 13.9. The van der Waals surface area contributed by atoms with E-state index in [1.54, 1.807) is 0 Å². The Morgan fingerprint density at radius 1 is 1.48 bits per heavy atom. The van der Waals surface area contributed by atoms with Gasteiger partial charge in [-0.1, -0.05) is 17.8 Å². The van der Waals surface area contributed by atoms with E-state index in [0.29, 0.717) is 29.6 Å². The molecule has 156 valence electrons. The fourth-order valence-electron chi connectivity index (χ4n) is 3.15. The molecule has 1 amide bonds. The van der Waals surface area contributed by atoms with Crippen molar-refractivity contribution in [3.8, 4) is 5.75 Å². The third kappa shape index (κ3) is 6.11. The van der Waals surface area contributed by atoms with Gasteiger partial charge in [-0.15, -0.1) is 11.3 Å². The molecule has 1 aromatic carbocycles. The zero-order chi connectivity index (χ0) is 20.8. The second-order valence-corrected chi connectivity index (χ2v) is 9.21. The standard InChI is InChI=1S/C20H25N3O4S2/c1-13(2)27-16-5-3-4-14(10-16)21-11-15-6-7-18(24)23(15)8-9-28-20-22-17(12-29-20)19(25)26/h3-5,10,12-13,15,21H,6-9,11H2,1-2H3,(H,25,26). The fourth-order valence-corrected chi connectivity index (χ4v) is 4.96. The highest BCUT2D eigenvalue weighted by molar-refractivity contribution is 8.01. The number of anilines is 1. The molecule has 2 aromatic rings. The molecular formula is C20H25N3O4S2. The van der Waals surface area contributed by atoms with E-state index in [0.717, 1.165) is 17.9 Å². The van der Waals surface area contributed by atoms with Gasteiger partial charge in [0.1, 0.15) is 5.75 Å². The van der Waals surface area contributed by atoms with E-state index in [1.165, 1.54) is 28.5 Å². The van der Waals surface area contributed by atoms with Gasteiger partial charge in [-0.25, -0.2) is 9.78 Å². The number of nitrogens with zero attached hydrogens (tertiary/aromatic N) is 2. The first kappa shape index (κ1) is 21.4. The zero-order valence-electron chi connectivity index (χ0n) is 16.5. The van der Waals surface area contributed by atoms with Crippen LogP contribution in [0.25, 0.3) is 0 Å². The molecule has 3 rings (SSSR count). The van der Waals surface area contributed by atoms with Crippen LogP contribution in [0.1, 0.15) is 37.2 Å². The molecule has 7 nitrogen and oxygen atoms in total. The number of amides is 1. The zero-order valence-corrected chi connectivity index (χ0v) is 18.1. The second-order valence-electron chi connectivity index (χ2n) is 7.01. The van der Waals surface area contributed by atoms with Crippen LogP contribution in [0.15, 0.2) is 34.0 Å². The lowest BCUT2D eigenvalue weighted by atomic mass is 10.2. The van der Waals surface area contributed by atoms with Crippen LogP contribution >= 0.6 is 23.1 Å². The number of benzene rings is 1. The number of nitrogens with one attached hydrogen (secondary N) is 1. The Morgan fingerprint density at radius 2 is 2.31 bits per heavy atom. The molecule has 2 N–H and O–H groups in total. The van der Waals surface area contributed by atoms with Crippen molar-refractivity contribution in [3.05, 3.63) is 35.3 Å². The number of thioether (sulfide) groups is 1. The summed E-state index contributed by atoms with van der Waals surface area (Å²) in [4.78, 5) is 29.2. The minimum absolute atomic E-state index is 0.0699. The first-order valence-corrected chi connectivity index (χ1v) is 11.4. The molecule has 0 spiro atoms. The number of thiazole rings is 1. The van der Waals surface area contributed by atoms with Gasteiger partial charge in [-0.3, -0.25) is 4.79 Å². The van der Waals surface area contributed by atoms with Crippen molar-refractivity contribution >= 4 is 40.7 Å². The number of carboxylic acid groups (broad SMARTS) is 1. The molecule has 1 aliphatic rings. The number of aromatic carboxylic acids is 1. The molecule has 1 aliphatic heterocycles. The smallest absolute Gasteiger partial charge is 0.355 e. The summed E-state index contributed by atoms with van der Waals surface area (Å²) < 4.78 is 6.44. The Morgan fingerprint density at radius 3 is 3.03 bits per heavy atom. The van der Waals surface area contributed by atoms with E-state index in [4.69, 9.17) is 9.84 Å². The summed E-state index contributed by atoms with van der Waals surface area (Å²) in [5.41, 5.74) is 1.04. The molecule has 0 aliphatic carbocycles. The summed E-state index contributed by atoms with van der Waals surface area (Å²) in [5.74, 6) is 0.661. The van der Waals surface area contributed by atoms with Crippen LogP contribution < -0.4 is 10.1 Å². The highest BCUT2D eigenvalue weighted by Gasteiger charge is 2.30. The summed E-state index contributed by atoms with van der Waals surface area (Å²) in [6.45, 7) is 5.29. The van der Waals surface area contributed by atoms with Gasteiger partial charge in [-0.2, -0.15) is 0 Å². The number of hydrogen-bond acceptors (Lipinski definition) is 7. The van der Waals surface area contributed by atoms with Gasteiger partial charge in [0.05, 0.1) is 6.10 Å². The van der Waals surface area contributed by atoms with Crippen molar-refractivity contribution in [3.63, 3.8) is 0 Å². The molecule has 1 fully saturated rings. The number of likely N-dealkylation sites (tertiary alicyclic amines) is 1. The normalized spacial score (nSPS) is 16.4. The topological polar surface area (TPSA) is 91.8 Å². The Kier molecular flexibility index (Phi) is 7.38. The summed E-state index contributed by atoms with van der Waals surface area (Å²) >= 11 is 2.80. The average molecular weight is 436 g/mol. The Labute approximate surface area is 178 Å². The van der Waals surface area contributed by atoms with Crippen molar-refractivity contribution in [1.29, 1.82) is 0 Å². The molecule has 1 aromatic heterocycles. The van der Waals surface area contributed by atoms with E-state index in [-0.39, 0.29) is 23.7 Å². The number of aromatic nitrogens is 1. The Hall–Kier alpha value is -2.26. The minimum Gasteiger partial charge on any atom is -0.491 e. The van der Waals surface area contributed by atoms with Gasteiger partial charge >= 0.3 is 5.97 Å². The van der Waals surface area contributed by atoms with Crippen LogP contribution in [-0.2, 0) is 4.79 Å². The maximum absolute atomic E-state index is 12.3. The third-order valence-electron chi connectivity index (χ3n) is 4.46. The van der Waals surface area contributed by atoms with E-state index < -0.39 is 5.97 Å². The average Bonchev–Trinajstić information content (AvgIpc) is 3.28. The maximum Gasteiger partial charge on any atom is 0.355 e. The lowest BCUT2D eigenvalue weighted by molar-refractivity contribution is -0.128. The summed E-state index contributed by atoms with van der Waals surface area (Å²) in [7, 11) is 0. The van der Waals surface area contributed by atoms with Gasteiger partial charge in [0.25, 0.3) is 0 Å². The molecule has 1 unspecified atom stereocenters. The first-order chi connectivity index (χ1) is 13.9. The number of hydrogen-bond donors (Lipinski definition) is 2. The van der Waals surface area contributed by atoms with Crippen LogP contribution in [0.4, 0.5) is 5.69 Å². The van der Waals surface area contributed by atoms with E-state index in [2.05, 4.69) is 10.3 Å². The monoisotopic (exact) mass is 435 g/mol. The van der Waals surface area contributed by atoms with Crippen molar-refractivity contribution < 1.29 is 19.4 Å². The van der Waals surface area contributed by atoms with Gasteiger partial charge in [0.15, 0.2) is 10.0 Å². The molecule has 0 saturated carbocycles. The van der Waals surface area contributed by atoms with Crippen molar-refractivity contribution in [2.24, 2.45) is 0 Å². The Bertz CT molecular complexity index is 856. The van der Waals surface area contributed by atoms with Crippen molar-refractivity contribution in [1.82, 2.24) is 9.88 Å². The molecule has 29 heavy (non-hydrogen) atoms. The Balaban J connectivity index is 1.50. The molecule has 1 saturated heterocycles. The van der Waals surface area contributed by atoms with E-state index in [9.17, 15) is 9.59 Å². The molecule has 0 bridgehead atoms. The quantitative estimate of drug-likeness (QED) is 0.548. The lowest BCUT2D eigenvalue weighted by Crippen LogP contribution is -2.39. The van der Waals surface area contributed by atoms with Crippen LogP contribution in [0, 0.1) is 0 Å². The van der Waals surface area contributed by atoms with Crippen LogP contribution in [-0.4, -0.2) is 57.9 Å². The number of ether oxygens (including phenoxy) is 1. The highest BCUT2D eigenvalue weighted by Crippen LogP contribution is 2.25. The number of carbonyl (C=O) groups excluding carboxylic acids is 1. The molecule has 2 heterocycles. The summed E-state index contributed by atoms with van der Waals surface area (Å²) in [6.07, 6.45) is 1.52. The molecule has 9 heteroatoms. The van der Waals surface area contributed by atoms with Crippen molar-refractivity contribution in [2.45, 2.75) is 43.2 Å². The minimum atomic E-state index is -1.02. The van der Waals surface area contributed by atoms with Crippen LogP contribution in [0.5, 0.6) is 5.75 Å². The second kappa shape index (κ2) is 9.98. The first-order valence-electron chi connectivity index (χ1n) is 9.54. The summed E-state index contributed by atoms with van der Waals surface area (Å²) in [6, 6.07) is 7.99. The predicted octanol–water partition coefficient (Wildman–Crippen LogP) is 3.82. The number of carboxylic acids is 1. The van der Waals surface area contributed by atoms with E-state index in [1.807, 2.05) is 43.0 Å². The van der Waals surface area contributed by atoms with Crippen LogP contribution in [0.3, 0.4) is 0 Å². The third-order valence-corrected chi connectivity index (χ3v) is 6.46. The highest BCUT2D eigenvalue weighted by atomic mass is 32.2. The SMILES string of the molecule is CC(C)Oc1cccc(NCC2CCC(=O)N2CCSc2nc(C(=O)O)cs2)c1. The van der Waals surface area contributed by atoms with Gasteiger partial charge in [0, 0.05) is 48.4 Å². The van der Waals surface area contributed by atoms with E-state index >= 15 is 0 Å². The fraction of sp³-hybridized carbons (Fsp3) is 0.450. The largest absolute Gasteiger partial charge is 0.491 e. The van der Waals surface area contributed by atoms with Crippen LogP contribution in [0.2, 0.25) is 0 Å². The molecule has 0 radical (unpaired) electrons. The van der Waals surface area contributed by atoms with Gasteiger partial charge in [-0.05, 0) is 32.4 Å². The predicted molar refractivity (Wildman–Crippen MR) is 115 cm³/mol. The van der Waals surface area contributed by atoms with Gasteiger partial charge < -0.3 is 20.1 Å². The number of rotatable bonds is 10. The molecule has 1 atom stereocenters. The number of carbonyl (C=O) groups is 2. The van der Waals surface area contributed by atoms with Crippen molar-refractivity contribution in [2.75, 3.05) is 24.2 Å². The van der Waals surface area contributed by atoms with Gasteiger partial charge in [0.2, 0.25) is 5.91 Å².